The summed E-state index contributed by atoms with van der Waals surface area (Å²) in [5, 5.41) is 0. The van der Waals surface area contributed by atoms with Crippen molar-refractivity contribution >= 4 is 5.78 Å². The second kappa shape index (κ2) is 8.28. The zero-order chi connectivity index (χ0) is 13.3. The molecule has 0 rings (SSSR count). The molecule has 0 amide bonds. The lowest BCUT2D eigenvalue weighted by Gasteiger charge is -2.09. The maximum atomic E-state index is 11.9. The van der Waals surface area contributed by atoms with Gasteiger partial charge in [-0.25, -0.2) is 0 Å². The fraction of sp³-hybridized carbons (Fsp3) is 0.188. The summed E-state index contributed by atoms with van der Waals surface area (Å²) in [7, 11) is 0. The summed E-state index contributed by atoms with van der Waals surface area (Å²) < 4.78 is 0. The minimum absolute atomic E-state index is 0.0746. The van der Waals surface area contributed by atoms with E-state index in [4.69, 9.17) is 0 Å². The van der Waals surface area contributed by atoms with Gasteiger partial charge in [0.15, 0.2) is 5.78 Å². The summed E-state index contributed by atoms with van der Waals surface area (Å²) in [5.41, 5.74) is 1.93. The fourth-order valence-corrected chi connectivity index (χ4v) is 1.30. The highest BCUT2D eigenvalue weighted by Gasteiger charge is 2.12. The minimum atomic E-state index is 0.0746. The molecule has 1 heteroatoms. The fourth-order valence-electron chi connectivity index (χ4n) is 1.30. The highest BCUT2D eigenvalue weighted by Crippen LogP contribution is 2.20. The summed E-state index contributed by atoms with van der Waals surface area (Å²) in [6, 6.07) is 0. The molecule has 0 spiro atoms. The number of Topliss-reactive ketones (excluding diaryl/α,β-unsaturated/α-hetero) is 1. The van der Waals surface area contributed by atoms with Gasteiger partial charge in [0.25, 0.3) is 0 Å². The molecule has 0 aliphatic heterocycles. The molecule has 0 bridgehead atoms. The van der Waals surface area contributed by atoms with Crippen LogP contribution in [0.5, 0.6) is 0 Å². The van der Waals surface area contributed by atoms with Gasteiger partial charge in [0.2, 0.25) is 0 Å². The van der Waals surface area contributed by atoms with E-state index in [1.807, 2.05) is 6.92 Å². The SMILES string of the molecule is C=C/C=C\C(=C)C(=C)/C(=C\C=C)C(=O)CCC. The molecule has 0 atom stereocenters. The topological polar surface area (TPSA) is 17.1 Å². The van der Waals surface area contributed by atoms with E-state index in [9.17, 15) is 4.79 Å². The highest BCUT2D eigenvalue weighted by molar-refractivity contribution is 6.01. The second-order valence-electron chi connectivity index (χ2n) is 3.59. The smallest absolute Gasteiger partial charge is 0.163 e. The Morgan fingerprint density at radius 2 is 1.82 bits per heavy atom. The Bertz CT molecular complexity index is 392. The zero-order valence-electron chi connectivity index (χ0n) is 10.5. The van der Waals surface area contributed by atoms with Crippen LogP contribution in [-0.4, -0.2) is 5.78 Å². The average Bonchev–Trinajstić information content (AvgIpc) is 2.32. The van der Waals surface area contributed by atoms with Crippen molar-refractivity contribution in [3.05, 3.63) is 73.4 Å². The number of hydrogen-bond donors (Lipinski definition) is 0. The van der Waals surface area contributed by atoms with E-state index in [2.05, 4.69) is 26.3 Å². The lowest BCUT2D eigenvalue weighted by molar-refractivity contribution is -0.115. The normalized spacial score (nSPS) is 11.2. The lowest BCUT2D eigenvalue weighted by Crippen LogP contribution is -2.05. The first-order valence-electron chi connectivity index (χ1n) is 5.62. The van der Waals surface area contributed by atoms with Crippen molar-refractivity contribution in [2.24, 2.45) is 0 Å². The third-order valence-electron chi connectivity index (χ3n) is 2.21. The number of allylic oxidation sites excluding steroid dienone is 8. The summed E-state index contributed by atoms with van der Waals surface area (Å²) >= 11 is 0. The van der Waals surface area contributed by atoms with Gasteiger partial charge in [-0.15, -0.1) is 0 Å². The van der Waals surface area contributed by atoms with Gasteiger partial charge in [0.1, 0.15) is 0 Å². The molecule has 0 aliphatic carbocycles. The van der Waals surface area contributed by atoms with Crippen LogP contribution in [0.15, 0.2) is 73.4 Å². The number of ketones is 1. The van der Waals surface area contributed by atoms with Gasteiger partial charge in [0, 0.05) is 12.0 Å². The number of hydrogen-bond acceptors (Lipinski definition) is 1. The van der Waals surface area contributed by atoms with Gasteiger partial charge < -0.3 is 0 Å². The van der Waals surface area contributed by atoms with E-state index < -0.39 is 0 Å². The molecular formula is C16H20O. The molecular weight excluding hydrogens is 208 g/mol. The summed E-state index contributed by atoms with van der Waals surface area (Å²) in [6.45, 7) is 17.0. The Hall–Kier alpha value is -1.89. The third-order valence-corrected chi connectivity index (χ3v) is 2.21. The standard InChI is InChI=1S/C16H20O/c1-6-9-12-13(4)14(5)15(10-7-2)16(17)11-8-3/h6-7,9-10,12H,1-2,4-5,8,11H2,3H3/b12-9-,15-10+. The van der Waals surface area contributed by atoms with Crippen molar-refractivity contribution in [1.29, 1.82) is 0 Å². The molecule has 90 valence electrons. The maximum Gasteiger partial charge on any atom is 0.163 e. The van der Waals surface area contributed by atoms with E-state index in [0.29, 0.717) is 23.1 Å². The molecule has 1 nitrogen and oxygen atoms in total. The number of carbonyl (C=O) groups is 1. The number of rotatable bonds is 8. The van der Waals surface area contributed by atoms with Gasteiger partial charge >= 0.3 is 0 Å². The molecule has 0 saturated heterocycles. The molecule has 0 saturated carbocycles. The molecule has 0 aliphatic rings. The first kappa shape index (κ1) is 15.1. The molecule has 0 radical (unpaired) electrons. The summed E-state index contributed by atoms with van der Waals surface area (Å²) in [4.78, 5) is 11.9. The van der Waals surface area contributed by atoms with Gasteiger partial charge in [-0.1, -0.05) is 63.6 Å². The van der Waals surface area contributed by atoms with Gasteiger partial charge in [-0.2, -0.15) is 0 Å². The molecule has 0 aromatic rings. The molecule has 0 aromatic heterocycles. The predicted molar refractivity (Wildman–Crippen MR) is 75.8 cm³/mol. The van der Waals surface area contributed by atoms with E-state index in [0.717, 1.165) is 6.42 Å². The van der Waals surface area contributed by atoms with Crippen molar-refractivity contribution in [1.82, 2.24) is 0 Å². The first-order valence-corrected chi connectivity index (χ1v) is 5.62. The molecule has 0 aromatic carbocycles. The van der Waals surface area contributed by atoms with Crippen molar-refractivity contribution in [2.75, 3.05) is 0 Å². The quantitative estimate of drug-likeness (QED) is 0.446. The van der Waals surface area contributed by atoms with E-state index in [1.165, 1.54) is 0 Å². The number of carbonyl (C=O) groups excluding carboxylic acids is 1. The summed E-state index contributed by atoms with van der Waals surface area (Å²) in [6.07, 6.45) is 9.82. The molecule has 0 heterocycles. The van der Waals surface area contributed by atoms with E-state index >= 15 is 0 Å². The Morgan fingerprint density at radius 1 is 1.18 bits per heavy atom. The van der Waals surface area contributed by atoms with Crippen LogP contribution in [0, 0.1) is 0 Å². The van der Waals surface area contributed by atoms with Crippen molar-refractivity contribution in [2.45, 2.75) is 19.8 Å². The maximum absolute atomic E-state index is 11.9. The Balaban J connectivity index is 5.03. The van der Waals surface area contributed by atoms with Gasteiger partial charge in [-0.05, 0) is 17.6 Å². The van der Waals surface area contributed by atoms with Crippen molar-refractivity contribution in [3.63, 3.8) is 0 Å². The van der Waals surface area contributed by atoms with Crippen LogP contribution in [-0.2, 0) is 4.79 Å². The molecule has 0 unspecified atom stereocenters. The monoisotopic (exact) mass is 228 g/mol. The van der Waals surface area contributed by atoms with Gasteiger partial charge in [0.05, 0.1) is 0 Å². The van der Waals surface area contributed by atoms with Crippen LogP contribution in [0.25, 0.3) is 0 Å². The minimum Gasteiger partial charge on any atom is -0.294 e. The van der Waals surface area contributed by atoms with Crippen LogP contribution in [0.3, 0.4) is 0 Å². The first-order chi connectivity index (χ1) is 8.08. The Morgan fingerprint density at radius 3 is 2.29 bits per heavy atom. The van der Waals surface area contributed by atoms with Crippen LogP contribution < -0.4 is 0 Å². The third kappa shape index (κ3) is 5.12. The van der Waals surface area contributed by atoms with Crippen LogP contribution in [0.4, 0.5) is 0 Å². The molecule has 17 heavy (non-hydrogen) atoms. The van der Waals surface area contributed by atoms with Crippen LogP contribution in [0.1, 0.15) is 19.8 Å². The van der Waals surface area contributed by atoms with Crippen molar-refractivity contribution < 1.29 is 4.79 Å². The van der Waals surface area contributed by atoms with Crippen LogP contribution >= 0.6 is 0 Å². The van der Waals surface area contributed by atoms with Crippen LogP contribution in [0.2, 0.25) is 0 Å². The second-order valence-corrected chi connectivity index (χ2v) is 3.59. The van der Waals surface area contributed by atoms with E-state index in [1.54, 1.807) is 30.4 Å². The largest absolute Gasteiger partial charge is 0.294 e. The Kier molecular flexibility index (Phi) is 7.36. The average molecular weight is 228 g/mol. The zero-order valence-corrected chi connectivity index (χ0v) is 10.5. The van der Waals surface area contributed by atoms with E-state index in [-0.39, 0.29) is 5.78 Å². The highest BCUT2D eigenvalue weighted by atomic mass is 16.1. The molecule has 0 fully saturated rings. The predicted octanol–water partition coefficient (Wildman–Crippen LogP) is 4.32. The lowest BCUT2D eigenvalue weighted by atomic mass is 9.94. The molecule has 0 N–H and O–H groups in total. The summed E-state index contributed by atoms with van der Waals surface area (Å²) in [5.74, 6) is 0.0746. The Labute approximate surface area is 104 Å². The van der Waals surface area contributed by atoms with Crippen molar-refractivity contribution in [3.8, 4) is 0 Å². The van der Waals surface area contributed by atoms with Gasteiger partial charge in [-0.3, -0.25) is 4.79 Å².